The van der Waals surface area contributed by atoms with E-state index in [4.69, 9.17) is 9.47 Å². The number of rotatable bonds is 2. The number of piperidine rings is 1. The first-order valence-electron chi connectivity index (χ1n) is 6.66. The van der Waals surface area contributed by atoms with E-state index in [0.29, 0.717) is 12.0 Å². The van der Waals surface area contributed by atoms with Gasteiger partial charge < -0.3 is 9.47 Å². The monoisotopic (exact) mass is 247 g/mol. The van der Waals surface area contributed by atoms with Gasteiger partial charge in [-0.25, -0.2) is 0 Å². The predicted octanol–water partition coefficient (Wildman–Crippen LogP) is 1.77. The van der Waals surface area contributed by atoms with Crippen molar-refractivity contribution in [2.45, 2.75) is 24.2 Å². The quantitative estimate of drug-likeness (QED) is 0.694. The Hall–Kier alpha value is -0.900. The van der Waals surface area contributed by atoms with Crippen LogP contribution in [0.1, 0.15) is 6.42 Å². The second-order valence-corrected chi connectivity index (χ2v) is 5.26. The Labute approximate surface area is 109 Å². The molecule has 0 aromatic carbocycles. The molecule has 1 fully saturated rings. The molecule has 3 nitrogen and oxygen atoms in total. The van der Waals surface area contributed by atoms with Gasteiger partial charge in [-0.2, -0.15) is 0 Å². The lowest BCUT2D eigenvalue weighted by atomic mass is 9.70. The van der Waals surface area contributed by atoms with Gasteiger partial charge in [0.2, 0.25) is 0 Å². The lowest BCUT2D eigenvalue weighted by molar-refractivity contribution is -0.140. The van der Waals surface area contributed by atoms with Crippen LogP contribution in [-0.2, 0) is 9.47 Å². The molecule has 1 aliphatic carbocycles. The molecule has 2 aliphatic heterocycles. The second kappa shape index (κ2) is 4.65. The van der Waals surface area contributed by atoms with Crippen molar-refractivity contribution in [1.29, 1.82) is 0 Å². The van der Waals surface area contributed by atoms with Gasteiger partial charge >= 0.3 is 0 Å². The summed E-state index contributed by atoms with van der Waals surface area (Å²) >= 11 is 0. The van der Waals surface area contributed by atoms with E-state index in [-0.39, 0.29) is 11.7 Å². The summed E-state index contributed by atoms with van der Waals surface area (Å²) in [5.74, 6) is 0.293. The number of nitrogens with zero attached hydrogens (tertiary/aromatic N) is 1. The number of ether oxygens (including phenoxy) is 2. The van der Waals surface area contributed by atoms with Crippen molar-refractivity contribution < 1.29 is 9.47 Å². The third-order valence-corrected chi connectivity index (χ3v) is 4.54. The Morgan fingerprint density at radius 2 is 2.11 bits per heavy atom. The molecule has 4 unspecified atom stereocenters. The molecule has 0 radical (unpaired) electrons. The van der Waals surface area contributed by atoms with E-state index in [1.807, 2.05) is 7.11 Å². The molecule has 0 bridgehead atoms. The lowest BCUT2D eigenvalue weighted by Crippen LogP contribution is -2.66. The van der Waals surface area contributed by atoms with Crippen LogP contribution >= 0.6 is 0 Å². The highest BCUT2D eigenvalue weighted by molar-refractivity contribution is 5.32. The minimum absolute atomic E-state index is 0.203. The van der Waals surface area contributed by atoms with Crippen LogP contribution in [0, 0.1) is 5.92 Å². The molecular formula is C15H21NO2. The van der Waals surface area contributed by atoms with Gasteiger partial charge in [0, 0.05) is 33.2 Å². The van der Waals surface area contributed by atoms with Crippen LogP contribution in [0.2, 0.25) is 0 Å². The van der Waals surface area contributed by atoms with Crippen LogP contribution in [0.4, 0.5) is 0 Å². The molecule has 98 valence electrons. The highest BCUT2D eigenvalue weighted by atomic mass is 16.5. The van der Waals surface area contributed by atoms with Crippen LogP contribution in [0.5, 0.6) is 0 Å². The van der Waals surface area contributed by atoms with Crippen LogP contribution in [0.3, 0.4) is 0 Å². The summed E-state index contributed by atoms with van der Waals surface area (Å²) in [5.41, 5.74) is -0.273. The van der Waals surface area contributed by atoms with E-state index < -0.39 is 0 Å². The fourth-order valence-electron chi connectivity index (χ4n) is 3.62. The Bertz CT molecular complexity index is 401. The summed E-state index contributed by atoms with van der Waals surface area (Å²) in [6.45, 7) is 2.08. The molecular weight excluding hydrogens is 226 g/mol. The molecule has 3 rings (SSSR count). The fraction of sp³-hybridized carbons (Fsp3) is 0.600. The molecule has 1 saturated heterocycles. The molecule has 0 aromatic heterocycles. The van der Waals surface area contributed by atoms with Gasteiger partial charge in [0.25, 0.3) is 0 Å². The third-order valence-electron chi connectivity index (χ3n) is 4.54. The first kappa shape index (κ1) is 12.2. The van der Waals surface area contributed by atoms with Gasteiger partial charge in [-0.15, -0.1) is 0 Å². The van der Waals surface area contributed by atoms with E-state index in [2.05, 4.69) is 41.4 Å². The van der Waals surface area contributed by atoms with Crippen molar-refractivity contribution in [2.75, 3.05) is 27.3 Å². The van der Waals surface area contributed by atoms with E-state index in [1.165, 1.54) is 0 Å². The van der Waals surface area contributed by atoms with Gasteiger partial charge in [0.1, 0.15) is 5.60 Å². The highest BCUT2D eigenvalue weighted by Crippen LogP contribution is 2.42. The van der Waals surface area contributed by atoms with Crippen molar-refractivity contribution in [3.05, 3.63) is 36.5 Å². The largest absolute Gasteiger partial charge is 0.379 e. The molecule has 0 aromatic rings. The molecule has 0 spiro atoms. The van der Waals surface area contributed by atoms with Gasteiger partial charge in [-0.05, 0) is 6.42 Å². The first-order chi connectivity index (χ1) is 8.81. The highest BCUT2D eigenvalue weighted by Gasteiger charge is 2.53. The van der Waals surface area contributed by atoms with E-state index in [9.17, 15) is 0 Å². The van der Waals surface area contributed by atoms with Crippen LogP contribution in [-0.4, -0.2) is 50.0 Å². The lowest BCUT2D eigenvalue weighted by Gasteiger charge is -2.54. The Morgan fingerprint density at radius 3 is 2.89 bits per heavy atom. The molecule has 0 amide bonds. The van der Waals surface area contributed by atoms with E-state index in [1.54, 1.807) is 7.11 Å². The van der Waals surface area contributed by atoms with Crippen LogP contribution < -0.4 is 0 Å². The zero-order valence-electron chi connectivity index (χ0n) is 11.1. The summed E-state index contributed by atoms with van der Waals surface area (Å²) in [4.78, 5) is 2.48. The Balaban J connectivity index is 2.03. The molecule has 3 heteroatoms. The summed E-state index contributed by atoms with van der Waals surface area (Å²) in [6, 6.07) is 0.328. The van der Waals surface area contributed by atoms with Gasteiger partial charge in [-0.1, -0.05) is 36.5 Å². The standard InChI is InChI=1S/C15H21NO2/c1-17-13-11-16-10-6-4-8-14(16)15(18-2)9-5-3-7-12(13)15/h3-5,7-9,12-14H,6,10-11H2,1-2H3. The Kier molecular flexibility index (Phi) is 3.14. The normalized spacial score (nSPS) is 42.7. The molecule has 4 atom stereocenters. The number of methoxy groups -OCH3 is 2. The number of hydrogen-bond acceptors (Lipinski definition) is 3. The van der Waals surface area contributed by atoms with Gasteiger partial charge in [0.05, 0.1) is 12.1 Å². The topological polar surface area (TPSA) is 21.7 Å². The summed E-state index contributed by atoms with van der Waals surface area (Å²) in [7, 11) is 3.62. The minimum Gasteiger partial charge on any atom is -0.379 e. The summed E-state index contributed by atoms with van der Waals surface area (Å²) < 4.78 is 11.7. The van der Waals surface area contributed by atoms with Gasteiger partial charge in [-0.3, -0.25) is 4.90 Å². The molecule has 0 N–H and O–H groups in total. The zero-order chi connectivity index (χ0) is 12.6. The number of hydrogen-bond donors (Lipinski definition) is 0. The van der Waals surface area contributed by atoms with E-state index in [0.717, 1.165) is 19.5 Å². The summed E-state index contributed by atoms with van der Waals surface area (Å²) in [6.07, 6.45) is 14.5. The Morgan fingerprint density at radius 1 is 1.22 bits per heavy atom. The fourth-order valence-corrected chi connectivity index (χ4v) is 3.62. The van der Waals surface area contributed by atoms with Crippen molar-refractivity contribution in [1.82, 2.24) is 4.90 Å². The average molecular weight is 247 g/mol. The molecule has 2 heterocycles. The molecule has 3 aliphatic rings. The van der Waals surface area contributed by atoms with Crippen molar-refractivity contribution in [2.24, 2.45) is 5.92 Å². The van der Waals surface area contributed by atoms with Crippen LogP contribution in [0.25, 0.3) is 0 Å². The second-order valence-electron chi connectivity index (χ2n) is 5.26. The maximum absolute atomic E-state index is 5.97. The zero-order valence-corrected chi connectivity index (χ0v) is 11.1. The predicted molar refractivity (Wildman–Crippen MR) is 71.4 cm³/mol. The molecule has 0 saturated carbocycles. The van der Waals surface area contributed by atoms with E-state index >= 15 is 0 Å². The van der Waals surface area contributed by atoms with Crippen molar-refractivity contribution in [3.8, 4) is 0 Å². The maximum atomic E-state index is 5.97. The number of fused-ring (bicyclic) bond motifs is 3. The maximum Gasteiger partial charge on any atom is 0.114 e. The summed E-state index contributed by atoms with van der Waals surface area (Å²) in [5, 5.41) is 0. The van der Waals surface area contributed by atoms with Crippen LogP contribution in [0.15, 0.2) is 36.5 Å². The first-order valence-corrected chi connectivity index (χ1v) is 6.66. The minimum atomic E-state index is -0.273. The third kappa shape index (κ3) is 1.62. The SMILES string of the molecule is COC1CN2CCC=CC2C2(OC)C=CC=CC12. The smallest absolute Gasteiger partial charge is 0.114 e. The van der Waals surface area contributed by atoms with Gasteiger partial charge in [0.15, 0.2) is 0 Å². The number of allylic oxidation sites excluding steroid dienone is 2. The van der Waals surface area contributed by atoms with Crippen molar-refractivity contribution in [3.63, 3.8) is 0 Å². The average Bonchev–Trinajstić information content (AvgIpc) is 2.46. The van der Waals surface area contributed by atoms with Crippen molar-refractivity contribution >= 4 is 0 Å². The molecule has 18 heavy (non-hydrogen) atoms.